The Balaban J connectivity index is 1.73. The molecule has 0 unspecified atom stereocenters. The molecule has 0 spiro atoms. The number of aryl methyl sites for hydroxylation is 1. The van der Waals surface area contributed by atoms with Crippen LogP contribution < -0.4 is 10.6 Å². The van der Waals surface area contributed by atoms with Crippen molar-refractivity contribution in [3.05, 3.63) is 65.5 Å². The Labute approximate surface area is 150 Å². The maximum Gasteiger partial charge on any atom is 0.325 e. The van der Waals surface area contributed by atoms with Crippen molar-refractivity contribution in [1.29, 1.82) is 0 Å². The molecular formula is C19H18FN3O3. The van der Waals surface area contributed by atoms with Crippen molar-refractivity contribution in [1.82, 2.24) is 10.2 Å². The van der Waals surface area contributed by atoms with Crippen LogP contribution in [-0.4, -0.2) is 29.3 Å². The molecule has 7 heteroatoms. The molecule has 134 valence electrons. The lowest BCUT2D eigenvalue weighted by Gasteiger charge is -2.22. The van der Waals surface area contributed by atoms with E-state index < -0.39 is 35.7 Å². The van der Waals surface area contributed by atoms with Gasteiger partial charge in [0.05, 0.1) is 0 Å². The highest BCUT2D eigenvalue weighted by Gasteiger charge is 2.49. The second kappa shape index (κ2) is 6.59. The van der Waals surface area contributed by atoms with Gasteiger partial charge in [0.2, 0.25) is 5.91 Å². The van der Waals surface area contributed by atoms with E-state index in [0.717, 1.165) is 4.90 Å². The third-order valence-corrected chi connectivity index (χ3v) is 4.38. The van der Waals surface area contributed by atoms with Gasteiger partial charge in [0.25, 0.3) is 5.91 Å². The molecule has 26 heavy (non-hydrogen) atoms. The Morgan fingerprint density at radius 2 is 1.88 bits per heavy atom. The van der Waals surface area contributed by atoms with E-state index in [1.165, 1.54) is 12.1 Å². The molecule has 1 atom stereocenters. The fraction of sp³-hybridized carbons (Fsp3) is 0.211. The summed E-state index contributed by atoms with van der Waals surface area (Å²) >= 11 is 0. The highest BCUT2D eigenvalue weighted by atomic mass is 19.1. The standard InChI is InChI=1S/C19H18FN3O3/c1-12-8-9-14(10-15(12)20)21-16(24)11-23-17(25)19(2,22-18(23)26)13-6-4-3-5-7-13/h3-10H,11H2,1-2H3,(H,21,24)(H,22,26)/t19-/m0/s1. The smallest absolute Gasteiger partial charge is 0.324 e. The molecule has 0 bridgehead atoms. The van der Waals surface area contributed by atoms with Crippen molar-refractivity contribution >= 4 is 23.5 Å². The molecule has 6 nitrogen and oxygen atoms in total. The first-order chi connectivity index (χ1) is 12.3. The van der Waals surface area contributed by atoms with Crippen molar-refractivity contribution in [3.8, 4) is 0 Å². The summed E-state index contributed by atoms with van der Waals surface area (Å²) in [6, 6.07) is 12.4. The molecule has 2 aromatic rings. The monoisotopic (exact) mass is 355 g/mol. The number of imide groups is 1. The molecular weight excluding hydrogens is 337 g/mol. The molecule has 4 amide bonds. The first-order valence-electron chi connectivity index (χ1n) is 8.07. The third kappa shape index (κ3) is 3.15. The maximum atomic E-state index is 13.6. The third-order valence-electron chi connectivity index (χ3n) is 4.38. The van der Waals surface area contributed by atoms with Crippen molar-refractivity contribution in [2.75, 3.05) is 11.9 Å². The largest absolute Gasteiger partial charge is 0.325 e. The van der Waals surface area contributed by atoms with Gasteiger partial charge in [-0.15, -0.1) is 0 Å². The summed E-state index contributed by atoms with van der Waals surface area (Å²) in [6.45, 7) is 2.75. The lowest BCUT2D eigenvalue weighted by Crippen LogP contribution is -2.42. The predicted octanol–water partition coefficient (Wildman–Crippen LogP) is 2.54. The number of hydrogen-bond donors (Lipinski definition) is 2. The predicted molar refractivity (Wildman–Crippen MR) is 93.8 cm³/mol. The highest BCUT2D eigenvalue weighted by molar-refractivity contribution is 6.10. The summed E-state index contributed by atoms with van der Waals surface area (Å²) in [7, 11) is 0. The van der Waals surface area contributed by atoms with E-state index in [-0.39, 0.29) is 5.69 Å². The lowest BCUT2D eigenvalue weighted by molar-refractivity contribution is -0.133. The van der Waals surface area contributed by atoms with Crippen molar-refractivity contribution in [2.24, 2.45) is 0 Å². The van der Waals surface area contributed by atoms with Gasteiger partial charge in [-0.3, -0.25) is 14.5 Å². The number of amides is 4. The van der Waals surface area contributed by atoms with Crippen LogP contribution in [0.2, 0.25) is 0 Å². The van der Waals surface area contributed by atoms with Crippen molar-refractivity contribution < 1.29 is 18.8 Å². The molecule has 0 radical (unpaired) electrons. The Morgan fingerprint density at radius 1 is 1.19 bits per heavy atom. The number of anilines is 1. The normalized spacial score (nSPS) is 19.4. The van der Waals surface area contributed by atoms with E-state index in [4.69, 9.17) is 0 Å². The summed E-state index contributed by atoms with van der Waals surface area (Å²) in [5.74, 6) is -1.55. The van der Waals surface area contributed by atoms with Gasteiger partial charge in [-0.25, -0.2) is 9.18 Å². The Kier molecular flexibility index (Phi) is 4.46. The average Bonchev–Trinajstić information content (AvgIpc) is 2.83. The second-order valence-electron chi connectivity index (χ2n) is 6.32. The Hall–Kier alpha value is -3.22. The van der Waals surface area contributed by atoms with Gasteiger partial charge in [0.15, 0.2) is 0 Å². The molecule has 2 aromatic carbocycles. The van der Waals surface area contributed by atoms with Gasteiger partial charge in [-0.05, 0) is 37.1 Å². The minimum Gasteiger partial charge on any atom is -0.324 e. The SMILES string of the molecule is Cc1ccc(NC(=O)CN2C(=O)N[C@@](C)(c3ccccc3)C2=O)cc1F. The topological polar surface area (TPSA) is 78.5 Å². The van der Waals surface area contributed by atoms with Gasteiger partial charge in [-0.2, -0.15) is 0 Å². The summed E-state index contributed by atoms with van der Waals surface area (Å²) in [5, 5.41) is 5.12. The molecule has 0 saturated carbocycles. The number of carbonyl (C=O) groups excluding carboxylic acids is 3. The zero-order chi connectivity index (χ0) is 18.9. The summed E-state index contributed by atoms with van der Waals surface area (Å²) < 4.78 is 13.6. The number of nitrogens with one attached hydrogen (secondary N) is 2. The average molecular weight is 355 g/mol. The van der Waals surface area contributed by atoms with E-state index in [0.29, 0.717) is 11.1 Å². The Morgan fingerprint density at radius 3 is 2.54 bits per heavy atom. The number of benzene rings is 2. The number of halogens is 1. The number of carbonyl (C=O) groups is 3. The van der Waals surface area contributed by atoms with Crippen LogP contribution in [0.15, 0.2) is 48.5 Å². The van der Waals surface area contributed by atoms with Gasteiger partial charge < -0.3 is 10.6 Å². The van der Waals surface area contributed by atoms with Crippen LogP contribution in [-0.2, 0) is 15.1 Å². The van der Waals surface area contributed by atoms with Gasteiger partial charge in [0, 0.05) is 5.69 Å². The fourth-order valence-electron chi connectivity index (χ4n) is 2.82. The molecule has 1 fully saturated rings. The highest BCUT2D eigenvalue weighted by Crippen LogP contribution is 2.28. The number of rotatable bonds is 4. The summed E-state index contributed by atoms with van der Waals surface area (Å²) in [4.78, 5) is 38.0. The van der Waals surface area contributed by atoms with Crippen LogP contribution in [0.3, 0.4) is 0 Å². The molecule has 1 aliphatic heterocycles. The summed E-state index contributed by atoms with van der Waals surface area (Å²) in [5.41, 5.74) is 0.114. The zero-order valence-electron chi connectivity index (χ0n) is 14.4. The first kappa shape index (κ1) is 17.6. The van der Waals surface area contributed by atoms with E-state index in [1.54, 1.807) is 50.2 Å². The number of nitrogens with zero attached hydrogens (tertiary/aromatic N) is 1. The zero-order valence-corrected chi connectivity index (χ0v) is 14.4. The minimum atomic E-state index is -1.23. The molecule has 3 rings (SSSR count). The van der Waals surface area contributed by atoms with Crippen LogP contribution in [0.1, 0.15) is 18.1 Å². The molecule has 1 aliphatic rings. The summed E-state index contributed by atoms with van der Waals surface area (Å²) in [6.07, 6.45) is 0. The van der Waals surface area contributed by atoms with Crippen molar-refractivity contribution in [2.45, 2.75) is 19.4 Å². The first-order valence-corrected chi connectivity index (χ1v) is 8.07. The Bertz CT molecular complexity index is 885. The molecule has 1 saturated heterocycles. The van der Waals surface area contributed by atoms with Gasteiger partial charge in [0.1, 0.15) is 17.9 Å². The van der Waals surface area contributed by atoms with E-state index in [9.17, 15) is 18.8 Å². The van der Waals surface area contributed by atoms with Crippen molar-refractivity contribution in [3.63, 3.8) is 0 Å². The van der Waals surface area contributed by atoms with Crippen LogP contribution in [0.25, 0.3) is 0 Å². The van der Waals surface area contributed by atoms with E-state index >= 15 is 0 Å². The molecule has 1 heterocycles. The maximum absolute atomic E-state index is 13.6. The lowest BCUT2D eigenvalue weighted by atomic mass is 9.92. The minimum absolute atomic E-state index is 0.260. The van der Waals surface area contributed by atoms with Gasteiger partial charge >= 0.3 is 6.03 Å². The molecule has 0 aliphatic carbocycles. The van der Waals surface area contributed by atoms with Gasteiger partial charge in [-0.1, -0.05) is 36.4 Å². The molecule has 0 aromatic heterocycles. The van der Waals surface area contributed by atoms with Crippen LogP contribution in [0.4, 0.5) is 14.9 Å². The molecule has 2 N–H and O–H groups in total. The quantitative estimate of drug-likeness (QED) is 0.828. The van der Waals surface area contributed by atoms with E-state index in [2.05, 4.69) is 10.6 Å². The number of urea groups is 1. The second-order valence-corrected chi connectivity index (χ2v) is 6.32. The van der Waals surface area contributed by atoms with Crippen LogP contribution in [0.5, 0.6) is 0 Å². The van der Waals surface area contributed by atoms with Crippen LogP contribution in [0, 0.1) is 12.7 Å². The van der Waals surface area contributed by atoms with Crippen LogP contribution >= 0.6 is 0 Å². The fourth-order valence-corrected chi connectivity index (χ4v) is 2.82. The number of hydrogen-bond acceptors (Lipinski definition) is 3. The van der Waals surface area contributed by atoms with E-state index in [1.807, 2.05) is 0 Å².